The van der Waals surface area contributed by atoms with Gasteiger partial charge in [-0.1, -0.05) is 48.5 Å². The van der Waals surface area contributed by atoms with Crippen molar-refractivity contribution in [3.05, 3.63) is 94.4 Å². The summed E-state index contributed by atoms with van der Waals surface area (Å²) < 4.78 is 37.5. The molecule has 2 saturated heterocycles. The molecule has 9 heteroatoms. The number of nitrogens with zero attached hydrogens (tertiary/aromatic N) is 3. The Morgan fingerprint density at radius 3 is 2.44 bits per heavy atom. The van der Waals surface area contributed by atoms with Crippen molar-refractivity contribution in [1.82, 2.24) is 8.87 Å². The van der Waals surface area contributed by atoms with Crippen molar-refractivity contribution in [3.63, 3.8) is 0 Å². The molecule has 4 heterocycles. The van der Waals surface area contributed by atoms with Crippen LogP contribution >= 0.6 is 0 Å². The third-order valence-electron chi connectivity index (χ3n) is 9.48. The molecule has 8 nitrogen and oxygen atoms in total. The van der Waals surface area contributed by atoms with E-state index in [2.05, 4.69) is 18.2 Å². The molecule has 0 radical (unpaired) electrons. The van der Waals surface area contributed by atoms with Gasteiger partial charge in [-0.15, -0.1) is 0 Å². The Balaban J connectivity index is 1.20. The summed E-state index contributed by atoms with van der Waals surface area (Å²) in [7, 11) is 0.197. The lowest BCUT2D eigenvalue weighted by Crippen LogP contribution is -3.12. The second-order valence-corrected chi connectivity index (χ2v) is 14.3. The molecular formula is C34H39N4O4S+. The van der Waals surface area contributed by atoms with Crippen LogP contribution in [0, 0.1) is 5.92 Å². The molecule has 4 aromatic rings. The highest BCUT2D eigenvalue weighted by Gasteiger charge is 2.40. The van der Waals surface area contributed by atoms with Crippen LogP contribution in [0.4, 0.5) is 5.69 Å². The van der Waals surface area contributed by atoms with Crippen molar-refractivity contribution in [2.75, 3.05) is 58.4 Å². The smallest absolute Gasteiger partial charge is 0.258 e. The van der Waals surface area contributed by atoms with Gasteiger partial charge in [0.05, 0.1) is 18.1 Å². The number of anilines is 1. The normalized spacial score (nSPS) is 21.1. The molecule has 3 aromatic carbocycles. The minimum Gasteiger partial charge on any atom is -0.377 e. The quantitative estimate of drug-likeness (QED) is 0.369. The number of hydrogen-bond acceptors (Lipinski definition) is 5. The maximum absolute atomic E-state index is 14.2. The summed E-state index contributed by atoms with van der Waals surface area (Å²) in [6, 6.07) is 23.6. The van der Waals surface area contributed by atoms with Gasteiger partial charge in [-0.25, -0.2) is 8.42 Å². The summed E-state index contributed by atoms with van der Waals surface area (Å²) in [6.07, 6.45) is 0.891. The molecule has 43 heavy (non-hydrogen) atoms. The SMILES string of the molecule is CN(C)c1cccc2c(S(=O)(=O)N3C[C@@H]4C[C@H](C3)c3ccc(-c5ccccc5C[NH+]5CCOCC5)c(=O)n3C4)cccc12. The topological polar surface area (TPSA) is 76.3 Å². The van der Waals surface area contributed by atoms with Gasteiger partial charge >= 0.3 is 0 Å². The second-order valence-electron chi connectivity index (χ2n) is 12.4. The van der Waals surface area contributed by atoms with E-state index >= 15 is 0 Å². The highest BCUT2D eigenvalue weighted by molar-refractivity contribution is 7.89. The predicted molar refractivity (Wildman–Crippen MR) is 169 cm³/mol. The Morgan fingerprint density at radius 2 is 1.63 bits per heavy atom. The number of piperidine rings is 1. The number of benzene rings is 3. The first-order valence-corrected chi connectivity index (χ1v) is 16.7. The number of aromatic nitrogens is 1. The van der Waals surface area contributed by atoms with E-state index in [0.717, 1.165) is 72.5 Å². The van der Waals surface area contributed by atoms with Crippen molar-refractivity contribution < 1.29 is 18.1 Å². The van der Waals surface area contributed by atoms with Crippen LogP contribution in [-0.4, -0.2) is 70.8 Å². The lowest BCUT2D eigenvalue weighted by atomic mass is 9.83. The van der Waals surface area contributed by atoms with Crippen molar-refractivity contribution in [1.29, 1.82) is 0 Å². The molecule has 0 spiro atoms. The first kappa shape index (κ1) is 28.3. The summed E-state index contributed by atoms with van der Waals surface area (Å²) in [5.41, 5.74) is 4.85. The first-order valence-electron chi connectivity index (χ1n) is 15.2. The van der Waals surface area contributed by atoms with Crippen molar-refractivity contribution >= 4 is 26.5 Å². The molecule has 0 amide bonds. The molecule has 1 N–H and O–H groups in total. The molecule has 1 aromatic heterocycles. The van der Waals surface area contributed by atoms with Gasteiger partial charge < -0.3 is 19.1 Å². The molecule has 3 aliphatic rings. The Kier molecular flexibility index (Phi) is 7.37. The van der Waals surface area contributed by atoms with E-state index in [9.17, 15) is 13.2 Å². The number of morpholine rings is 1. The predicted octanol–water partition coefficient (Wildman–Crippen LogP) is 2.96. The summed E-state index contributed by atoms with van der Waals surface area (Å²) in [4.78, 5) is 17.8. The summed E-state index contributed by atoms with van der Waals surface area (Å²) in [5, 5.41) is 1.66. The van der Waals surface area contributed by atoms with Gasteiger partial charge in [0.2, 0.25) is 10.0 Å². The standard InChI is InChI=1S/C34H38N4O4S/c1-35(2)32-11-5-10-29-28(32)9-6-12-33(29)43(40,41)37-20-24-19-26(23-37)31-14-13-30(34(39)38(31)21-24)27-8-4-3-7-25(27)22-36-15-17-42-18-16-36/h3-14,24,26H,15-23H2,1-2H3/p+1/t24-,26+/m0/s1. The van der Waals surface area contributed by atoms with Crippen LogP contribution in [0.3, 0.4) is 0 Å². The molecule has 2 fully saturated rings. The van der Waals surface area contributed by atoms with Crippen molar-refractivity contribution in [2.24, 2.45) is 5.92 Å². The van der Waals surface area contributed by atoms with Crippen LogP contribution in [0.5, 0.6) is 0 Å². The monoisotopic (exact) mass is 599 g/mol. The number of pyridine rings is 1. The van der Waals surface area contributed by atoms with Gasteiger partial charge in [-0.3, -0.25) is 4.79 Å². The maximum Gasteiger partial charge on any atom is 0.258 e. The fourth-order valence-electron chi connectivity index (χ4n) is 7.37. The fourth-order valence-corrected chi connectivity index (χ4v) is 9.13. The molecule has 0 unspecified atom stereocenters. The lowest BCUT2D eigenvalue weighted by molar-refractivity contribution is -0.921. The first-order chi connectivity index (χ1) is 20.8. The van der Waals surface area contributed by atoms with Crippen LogP contribution in [-0.2, 0) is 27.8 Å². The van der Waals surface area contributed by atoms with Gasteiger partial charge in [0.25, 0.3) is 5.56 Å². The van der Waals surface area contributed by atoms with Crippen LogP contribution in [0.1, 0.15) is 23.6 Å². The third-order valence-corrected chi connectivity index (χ3v) is 11.4. The largest absolute Gasteiger partial charge is 0.377 e. The van der Waals surface area contributed by atoms with Gasteiger partial charge in [0.1, 0.15) is 19.6 Å². The number of sulfonamides is 1. The average Bonchev–Trinajstić information content (AvgIpc) is 3.02. The number of fused-ring (bicyclic) bond motifs is 5. The van der Waals surface area contributed by atoms with Crippen LogP contribution in [0.15, 0.2) is 82.5 Å². The summed E-state index contributed by atoms with van der Waals surface area (Å²) >= 11 is 0. The molecule has 0 aliphatic carbocycles. The van der Waals surface area contributed by atoms with Gasteiger partial charge in [-0.05, 0) is 42.2 Å². The van der Waals surface area contributed by atoms with Crippen LogP contribution < -0.4 is 15.4 Å². The molecule has 7 rings (SSSR count). The molecule has 0 saturated carbocycles. The minimum atomic E-state index is -3.74. The zero-order valence-electron chi connectivity index (χ0n) is 24.8. The van der Waals surface area contributed by atoms with Gasteiger partial charge in [0.15, 0.2) is 0 Å². The van der Waals surface area contributed by atoms with E-state index < -0.39 is 10.0 Å². The maximum atomic E-state index is 14.2. The van der Waals surface area contributed by atoms with E-state index in [-0.39, 0.29) is 17.4 Å². The van der Waals surface area contributed by atoms with Gasteiger partial charge in [0, 0.05) is 72.9 Å². The van der Waals surface area contributed by atoms with E-state index in [1.54, 1.807) is 10.4 Å². The highest BCUT2D eigenvalue weighted by atomic mass is 32.2. The van der Waals surface area contributed by atoms with Gasteiger partial charge in [-0.2, -0.15) is 4.31 Å². The number of quaternary nitrogens is 1. The van der Waals surface area contributed by atoms with Crippen molar-refractivity contribution in [2.45, 2.75) is 30.3 Å². The number of rotatable bonds is 6. The zero-order chi connectivity index (χ0) is 29.7. The van der Waals surface area contributed by atoms with Crippen LogP contribution in [0.2, 0.25) is 0 Å². The highest BCUT2D eigenvalue weighted by Crippen LogP contribution is 2.39. The Bertz CT molecular complexity index is 1850. The lowest BCUT2D eigenvalue weighted by Gasteiger charge is -2.42. The van der Waals surface area contributed by atoms with Crippen LogP contribution in [0.25, 0.3) is 21.9 Å². The average molecular weight is 600 g/mol. The van der Waals surface area contributed by atoms with E-state index in [0.29, 0.717) is 24.5 Å². The van der Waals surface area contributed by atoms with E-state index in [4.69, 9.17) is 4.74 Å². The molecule has 2 atom stereocenters. The summed E-state index contributed by atoms with van der Waals surface area (Å²) in [5.74, 6) is 0.0544. The fraction of sp³-hybridized carbons (Fsp3) is 0.382. The Hall–Kier alpha value is -3.50. The van der Waals surface area contributed by atoms with Crippen molar-refractivity contribution in [3.8, 4) is 11.1 Å². The minimum absolute atomic E-state index is 0.0237. The summed E-state index contributed by atoms with van der Waals surface area (Å²) in [6.45, 7) is 5.66. The molecule has 2 bridgehead atoms. The Labute approximate surface area is 253 Å². The zero-order valence-corrected chi connectivity index (χ0v) is 25.6. The number of ether oxygens (including phenoxy) is 1. The number of nitrogens with one attached hydrogen (secondary N) is 1. The van der Waals surface area contributed by atoms with E-state index in [1.807, 2.05) is 72.1 Å². The molecule has 224 valence electrons. The molecular weight excluding hydrogens is 560 g/mol. The van der Waals surface area contributed by atoms with E-state index in [1.165, 1.54) is 10.5 Å². The number of hydrogen-bond donors (Lipinski definition) is 1. The second kappa shape index (κ2) is 11.2. The molecule has 3 aliphatic heterocycles. The third kappa shape index (κ3) is 5.08. The Morgan fingerprint density at radius 1 is 0.860 bits per heavy atom.